The number of carboxylic acid groups (broad SMARTS) is 1. The molecular weight excluding hydrogens is 192 g/mol. The lowest BCUT2D eigenvalue weighted by molar-refractivity contribution is 0.0697. The largest absolute Gasteiger partial charge is 0.478 e. The lowest BCUT2D eigenvalue weighted by Gasteiger charge is -2.04. The summed E-state index contributed by atoms with van der Waals surface area (Å²) in [6.45, 7) is 2.80. The van der Waals surface area contributed by atoms with Crippen LogP contribution >= 0.6 is 0 Å². The van der Waals surface area contributed by atoms with Gasteiger partial charge in [-0.1, -0.05) is 0 Å². The Labute approximate surface area is 86.9 Å². The molecule has 4 nitrogen and oxygen atoms in total. The minimum absolute atomic E-state index is 0.230. The van der Waals surface area contributed by atoms with E-state index >= 15 is 0 Å². The summed E-state index contributed by atoms with van der Waals surface area (Å²) in [6, 6.07) is 5.04. The Balaban J connectivity index is 2.77. The van der Waals surface area contributed by atoms with E-state index in [2.05, 4.69) is 0 Å². The standard InChI is InChI=1S/C11H12N2O2/c1-2-13-4-3-8-9(12)5-7(11(14)15)6-10(8)13/h3-6H,2,12H2,1H3,(H,14,15). The van der Waals surface area contributed by atoms with Gasteiger partial charge < -0.3 is 15.4 Å². The van der Waals surface area contributed by atoms with E-state index in [0.29, 0.717) is 5.69 Å². The van der Waals surface area contributed by atoms with Crippen LogP contribution in [0.25, 0.3) is 10.9 Å². The fraction of sp³-hybridized carbons (Fsp3) is 0.182. The van der Waals surface area contributed by atoms with Gasteiger partial charge in [-0.25, -0.2) is 4.79 Å². The number of carbonyl (C=O) groups is 1. The van der Waals surface area contributed by atoms with Crippen molar-refractivity contribution < 1.29 is 9.90 Å². The average Bonchev–Trinajstić information content (AvgIpc) is 2.60. The first-order valence-electron chi connectivity index (χ1n) is 4.75. The van der Waals surface area contributed by atoms with E-state index in [9.17, 15) is 4.79 Å². The van der Waals surface area contributed by atoms with E-state index in [4.69, 9.17) is 10.8 Å². The normalized spacial score (nSPS) is 10.7. The fourth-order valence-electron chi connectivity index (χ4n) is 1.72. The molecule has 4 heteroatoms. The Hall–Kier alpha value is -1.97. The molecule has 0 aliphatic rings. The highest BCUT2D eigenvalue weighted by atomic mass is 16.4. The van der Waals surface area contributed by atoms with Crippen LogP contribution in [0.5, 0.6) is 0 Å². The van der Waals surface area contributed by atoms with Crippen molar-refractivity contribution in [2.45, 2.75) is 13.5 Å². The molecule has 78 valence electrons. The van der Waals surface area contributed by atoms with Crippen LogP contribution in [0, 0.1) is 0 Å². The summed E-state index contributed by atoms with van der Waals surface area (Å²) in [6.07, 6.45) is 1.91. The predicted molar refractivity (Wildman–Crippen MR) is 59.0 cm³/mol. The molecule has 0 radical (unpaired) electrons. The second-order valence-electron chi connectivity index (χ2n) is 3.41. The molecule has 3 N–H and O–H groups in total. The third-order valence-corrected chi connectivity index (χ3v) is 2.51. The zero-order valence-corrected chi connectivity index (χ0v) is 8.40. The number of aryl methyl sites for hydroxylation is 1. The van der Waals surface area contributed by atoms with Gasteiger partial charge in [-0.05, 0) is 25.1 Å². The number of carboxylic acids is 1. The van der Waals surface area contributed by atoms with Crippen LogP contribution in [-0.2, 0) is 6.54 Å². The molecule has 2 rings (SSSR count). The highest BCUT2D eigenvalue weighted by molar-refractivity contribution is 5.99. The molecule has 0 aliphatic carbocycles. The summed E-state index contributed by atoms with van der Waals surface area (Å²) in [7, 11) is 0. The number of hydrogen-bond donors (Lipinski definition) is 2. The van der Waals surface area contributed by atoms with Crippen molar-refractivity contribution in [1.82, 2.24) is 4.57 Å². The molecule has 2 aromatic rings. The molecule has 0 atom stereocenters. The highest BCUT2D eigenvalue weighted by Crippen LogP contribution is 2.24. The van der Waals surface area contributed by atoms with E-state index in [1.165, 1.54) is 6.07 Å². The number of nitrogens with zero attached hydrogens (tertiary/aromatic N) is 1. The summed E-state index contributed by atoms with van der Waals surface area (Å²) in [5.41, 5.74) is 7.40. The van der Waals surface area contributed by atoms with Gasteiger partial charge in [-0.3, -0.25) is 0 Å². The summed E-state index contributed by atoms with van der Waals surface area (Å²) < 4.78 is 1.97. The molecule has 15 heavy (non-hydrogen) atoms. The van der Waals surface area contributed by atoms with Crippen molar-refractivity contribution in [1.29, 1.82) is 0 Å². The number of nitrogen functional groups attached to an aromatic ring is 1. The molecule has 0 unspecified atom stereocenters. The number of aromatic carboxylic acids is 1. The SMILES string of the molecule is CCn1ccc2c(N)cc(C(=O)O)cc21. The summed E-state index contributed by atoms with van der Waals surface area (Å²) in [5, 5.41) is 9.81. The first-order valence-corrected chi connectivity index (χ1v) is 4.75. The molecule has 0 saturated carbocycles. The molecule has 0 spiro atoms. The third-order valence-electron chi connectivity index (χ3n) is 2.51. The van der Waals surface area contributed by atoms with Crippen LogP contribution in [0.1, 0.15) is 17.3 Å². The van der Waals surface area contributed by atoms with Crippen LogP contribution in [0.15, 0.2) is 24.4 Å². The molecule has 1 aromatic carbocycles. The van der Waals surface area contributed by atoms with Crippen LogP contribution in [0.3, 0.4) is 0 Å². The number of hydrogen-bond acceptors (Lipinski definition) is 2. The van der Waals surface area contributed by atoms with E-state index in [1.54, 1.807) is 6.07 Å². The fourth-order valence-corrected chi connectivity index (χ4v) is 1.72. The van der Waals surface area contributed by atoms with Gasteiger partial charge in [0.25, 0.3) is 0 Å². The predicted octanol–water partition coefficient (Wildman–Crippen LogP) is 1.94. The van der Waals surface area contributed by atoms with Gasteiger partial charge in [0, 0.05) is 23.8 Å². The summed E-state index contributed by atoms with van der Waals surface area (Å²) in [5.74, 6) is -0.951. The van der Waals surface area contributed by atoms with E-state index < -0.39 is 5.97 Å². The smallest absolute Gasteiger partial charge is 0.335 e. The monoisotopic (exact) mass is 204 g/mol. The number of rotatable bonds is 2. The quantitative estimate of drug-likeness (QED) is 0.734. The second kappa shape index (κ2) is 3.31. The number of fused-ring (bicyclic) bond motifs is 1. The van der Waals surface area contributed by atoms with Crippen molar-refractivity contribution >= 4 is 22.6 Å². The van der Waals surface area contributed by atoms with Crippen LogP contribution in [0.4, 0.5) is 5.69 Å². The van der Waals surface area contributed by atoms with E-state index in [-0.39, 0.29) is 5.56 Å². The maximum Gasteiger partial charge on any atom is 0.335 e. The first-order chi connectivity index (χ1) is 7.13. The molecular formula is C11H12N2O2. The molecule has 0 fully saturated rings. The second-order valence-corrected chi connectivity index (χ2v) is 3.41. The Kier molecular flexibility index (Phi) is 2.11. The topological polar surface area (TPSA) is 68.2 Å². The average molecular weight is 204 g/mol. The van der Waals surface area contributed by atoms with Crippen molar-refractivity contribution in [2.75, 3.05) is 5.73 Å². The van der Waals surface area contributed by atoms with Crippen molar-refractivity contribution in [3.63, 3.8) is 0 Å². The first kappa shape index (κ1) is 9.58. The van der Waals surface area contributed by atoms with Crippen molar-refractivity contribution in [3.05, 3.63) is 30.0 Å². The van der Waals surface area contributed by atoms with Gasteiger partial charge in [0.1, 0.15) is 0 Å². The zero-order valence-electron chi connectivity index (χ0n) is 8.40. The molecule has 1 heterocycles. The van der Waals surface area contributed by atoms with Gasteiger partial charge in [0.2, 0.25) is 0 Å². The molecule has 0 aliphatic heterocycles. The number of aromatic nitrogens is 1. The highest BCUT2D eigenvalue weighted by Gasteiger charge is 2.09. The molecule has 0 saturated heterocycles. The summed E-state index contributed by atoms with van der Waals surface area (Å²) >= 11 is 0. The minimum Gasteiger partial charge on any atom is -0.478 e. The number of anilines is 1. The lowest BCUT2D eigenvalue weighted by atomic mass is 10.1. The Morgan fingerprint density at radius 1 is 1.53 bits per heavy atom. The van der Waals surface area contributed by atoms with Gasteiger partial charge in [-0.15, -0.1) is 0 Å². The van der Waals surface area contributed by atoms with Crippen molar-refractivity contribution in [2.24, 2.45) is 0 Å². The zero-order chi connectivity index (χ0) is 11.0. The third kappa shape index (κ3) is 1.44. The van der Waals surface area contributed by atoms with Gasteiger partial charge in [0.15, 0.2) is 0 Å². The van der Waals surface area contributed by atoms with Crippen molar-refractivity contribution in [3.8, 4) is 0 Å². The molecule has 1 aromatic heterocycles. The minimum atomic E-state index is -0.951. The maximum atomic E-state index is 10.9. The number of nitrogens with two attached hydrogens (primary N) is 1. The van der Waals surface area contributed by atoms with Gasteiger partial charge in [0.05, 0.1) is 11.1 Å². The Bertz CT molecular complexity index is 529. The number of benzene rings is 1. The van der Waals surface area contributed by atoms with Crippen LogP contribution < -0.4 is 5.73 Å². The van der Waals surface area contributed by atoms with Gasteiger partial charge in [-0.2, -0.15) is 0 Å². The van der Waals surface area contributed by atoms with Crippen LogP contribution in [-0.4, -0.2) is 15.6 Å². The Morgan fingerprint density at radius 3 is 2.87 bits per heavy atom. The van der Waals surface area contributed by atoms with Gasteiger partial charge >= 0.3 is 5.97 Å². The summed E-state index contributed by atoms with van der Waals surface area (Å²) in [4.78, 5) is 10.9. The molecule has 0 amide bonds. The molecule has 0 bridgehead atoms. The lowest BCUT2D eigenvalue weighted by Crippen LogP contribution is -2.00. The van der Waals surface area contributed by atoms with E-state index in [0.717, 1.165) is 17.4 Å². The van der Waals surface area contributed by atoms with Crippen LogP contribution in [0.2, 0.25) is 0 Å². The van der Waals surface area contributed by atoms with E-state index in [1.807, 2.05) is 23.8 Å². The Morgan fingerprint density at radius 2 is 2.27 bits per heavy atom. The maximum absolute atomic E-state index is 10.9.